The Hall–Kier alpha value is 0.320. The van der Waals surface area contributed by atoms with Gasteiger partial charge in [0, 0.05) is 11.3 Å². The van der Waals surface area contributed by atoms with E-state index in [2.05, 4.69) is 27.6 Å². The lowest BCUT2D eigenvalue weighted by atomic mass is 10.1. The molecule has 0 N–H and O–H groups in total. The lowest BCUT2D eigenvalue weighted by Gasteiger charge is -2.15. The van der Waals surface area contributed by atoms with Crippen molar-refractivity contribution in [2.45, 2.75) is 13.3 Å². The number of aromatic nitrogens is 3. The molecule has 0 radical (unpaired) electrons. The number of rotatable bonds is 2. The molecule has 118 valence electrons. The minimum atomic E-state index is -1.87. The summed E-state index contributed by atoms with van der Waals surface area (Å²) in [6.45, 7) is 0. The minimum absolute atomic E-state index is 0.123. The topological polar surface area (TPSA) is 38.7 Å². The van der Waals surface area contributed by atoms with Crippen molar-refractivity contribution in [3.8, 4) is 11.4 Å². The Balaban J connectivity index is 2.59. The maximum absolute atomic E-state index is 5.83. The van der Waals surface area contributed by atoms with Crippen molar-refractivity contribution in [3.63, 3.8) is 0 Å². The molecule has 0 aliphatic heterocycles. The molecular formula is C12H7Cl6N3S. The number of benzene rings is 1. The van der Waals surface area contributed by atoms with Crippen molar-refractivity contribution in [3.05, 3.63) is 41.5 Å². The Bertz CT molecular complexity index is 634. The monoisotopic (exact) mass is 435 g/mol. The van der Waals surface area contributed by atoms with Gasteiger partial charge in [-0.05, 0) is 5.56 Å². The molecule has 0 aliphatic carbocycles. The molecule has 10 heteroatoms. The summed E-state index contributed by atoms with van der Waals surface area (Å²) in [5.74, 6) is 0.601. The van der Waals surface area contributed by atoms with Gasteiger partial charge in [0.15, 0.2) is 17.5 Å². The third kappa shape index (κ3) is 4.67. The molecule has 1 aromatic heterocycles. The lowest BCUT2D eigenvalue weighted by Crippen LogP contribution is -2.16. The van der Waals surface area contributed by atoms with E-state index in [-0.39, 0.29) is 17.5 Å². The number of halogens is 6. The van der Waals surface area contributed by atoms with Gasteiger partial charge < -0.3 is 0 Å². The van der Waals surface area contributed by atoms with Crippen LogP contribution in [0.25, 0.3) is 11.4 Å². The first kappa shape index (κ1) is 18.7. The molecule has 0 saturated heterocycles. The first-order valence-corrected chi connectivity index (χ1v) is 8.62. The Kier molecular flexibility index (Phi) is 5.98. The summed E-state index contributed by atoms with van der Waals surface area (Å²) in [5, 5.41) is 0. The summed E-state index contributed by atoms with van der Waals surface area (Å²) in [6.07, 6.45) is 0. The Morgan fingerprint density at radius 2 is 1.23 bits per heavy atom. The fraction of sp³-hybridized carbons (Fsp3) is 0.250. The molecule has 0 bridgehead atoms. The second-order valence-electron chi connectivity index (χ2n) is 4.16. The Morgan fingerprint density at radius 3 is 1.59 bits per heavy atom. The maximum Gasteiger partial charge on any atom is 0.250 e. The molecule has 0 amide bonds. The van der Waals surface area contributed by atoms with E-state index in [4.69, 9.17) is 69.6 Å². The van der Waals surface area contributed by atoms with E-state index in [9.17, 15) is 0 Å². The van der Waals surface area contributed by atoms with E-state index in [1.165, 1.54) is 0 Å². The standard InChI is InChI=1S/C12H7Cl6N3S/c13-11(14,15)9-19-8(20-10(21-9)12(16,17)18)7-3-1-6(5-22)2-4-7/h1-4,22H,5H2. The molecule has 0 aliphatic rings. The number of thiol groups is 1. The summed E-state index contributed by atoms with van der Waals surface area (Å²) >= 11 is 39.2. The van der Waals surface area contributed by atoms with Crippen LogP contribution in [0.4, 0.5) is 0 Å². The van der Waals surface area contributed by atoms with Gasteiger partial charge in [-0.3, -0.25) is 0 Å². The number of hydrogen-bond donors (Lipinski definition) is 1. The van der Waals surface area contributed by atoms with Gasteiger partial charge in [0.1, 0.15) is 0 Å². The molecule has 1 aromatic carbocycles. The van der Waals surface area contributed by atoms with E-state index in [0.717, 1.165) is 5.56 Å². The van der Waals surface area contributed by atoms with Crippen LogP contribution in [-0.2, 0) is 13.3 Å². The zero-order valence-corrected chi connectivity index (χ0v) is 16.0. The highest BCUT2D eigenvalue weighted by atomic mass is 35.6. The van der Waals surface area contributed by atoms with Gasteiger partial charge in [0.05, 0.1) is 0 Å². The van der Waals surface area contributed by atoms with E-state index >= 15 is 0 Å². The molecule has 2 rings (SSSR count). The van der Waals surface area contributed by atoms with Crippen LogP contribution in [0.15, 0.2) is 24.3 Å². The molecule has 0 atom stereocenters. The maximum atomic E-state index is 5.83. The second-order valence-corrected chi connectivity index (χ2v) is 9.04. The van der Waals surface area contributed by atoms with Crippen LogP contribution in [0.1, 0.15) is 17.2 Å². The molecule has 0 saturated carbocycles. The first-order valence-electron chi connectivity index (χ1n) is 5.72. The first-order chi connectivity index (χ1) is 10.1. The van der Waals surface area contributed by atoms with Gasteiger partial charge in [-0.15, -0.1) is 0 Å². The average Bonchev–Trinajstić information content (AvgIpc) is 2.45. The molecule has 3 nitrogen and oxygen atoms in total. The Labute approximate surface area is 162 Å². The summed E-state index contributed by atoms with van der Waals surface area (Å²) in [5.41, 5.74) is 1.70. The Morgan fingerprint density at radius 1 is 0.773 bits per heavy atom. The van der Waals surface area contributed by atoms with Crippen LogP contribution >= 0.6 is 82.2 Å². The van der Waals surface area contributed by atoms with Crippen molar-refractivity contribution in [1.29, 1.82) is 0 Å². The number of nitrogens with zero attached hydrogens (tertiary/aromatic N) is 3. The summed E-state index contributed by atoms with van der Waals surface area (Å²) in [4.78, 5) is 12.2. The van der Waals surface area contributed by atoms with Crippen LogP contribution in [0.2, 0.25) is 0 Å². The molecule has 22 heavy (non-hydrogen) atoms. The largest absolute Gasteiger partial charge is 0.250 e. The molecule has 2 aromatic rings. The predicted molar refractivity (Wildman–Crippen MR) is 96.4 cm³/mol. The third-order valence-corrected chi connectivity index (χ3v) is 3.92. The van der Waals surface area contributed by atoms with Gasteiger partial charge in [-0.25, -0.2) is 15.0 Å². The summed E-state index contributed by atoms with van der Waals surface area (Å²) in [6, 6.07) is 7.34. The van der Waals surface area contributed by atoms with E-state index in [1.54, 1.807) is 12.1 Å². The minimum Gasteiger partial charge on any atom is -0.209 e. The van der Waals surface area contributed by atoms with Gasteiger partial charge in [0.2, 0.25) is 7.59 Å². The molecule has 1 heterocycles. The van der Waals surface area contributed by atoms with Crippen LogP contribution in [0, 0.1) is 0 Å². The summed E-state index contributed by atoms with van der Waals surface area (Å²) < 4.78 is -3.74. The smallest absolute Gasteiger partial charge is 0.209 e. The fourth-order valence-electron chi connectivity index (χ4n) is 1.52. The fourth-order valence-corrected chi connectivity index (χ4v) is 2.24. The van der Waals surface area contributed by atoms with Crippen LogP contribution in [-0.4, -0.2) is 15.0 Å². The molecular weight excluding hydrogens is 431 g/mol. The van der Waals surface area contributed by atoms with Crippen molar-refractivity contribution in [2.24, 2.45) is 0 Å². The SMILES string of the molecule is SCc1ccc(-c2nc(C(Cl)(Cl)Cl)nc(C(Cl)(Cl)Cl)n2)cc1. The van der Waals surface area contributed by atoms with Crippen LogP contribution in [0.3, 0.4) is 0 Å². The average molecular weight is 438 g/mol. The highest BCUT2D eigenvalue weighted by Gasteiger charge is 2.33. The van der Waals surface area contributed by atoms with E-state index in [0.29, 0.717) is 11.3 Å². The summed E-state index contributed by atoms with van der Waals surface area (Å²) in [7, 11) is 0. The highest BCUT2D eigenvalue weighted by molar-refractivity contribution is 7.79. The quantitative estimate of drug-likeness (QED) is 0.489. The van der Waals surface area contributed by atoms with E-state index < -0.39 is 7.59 Å². The van der Waals surface area contributed by atoms with Gasteiger partial charge in [-0.1, -0.05) is 93.9 Å². The zero-order chi connectivity index (χ0) is 16.5. The predicted octanol–water partition coefficient (Wildman–Crippen LogP) is 5.62. The van der Waals surface area contributed by atoms with Crippen LogP contribution < -0.4 is 0 Å². The second kappa shape index (κ2) is 7.06. The van der Waals surface area contributed by atoms with Crippen molar-refractivity contribution in [2.75, 3.05) is 0 Å². The number of hydrogen-bond acceptors (Lipinski definition) is 4. The normalized spacial score (nSPS) is 12.5. The molecule has 0 fully saturated rings. The van der Waals surface area contributed by atoms with Gasteiger partial charge in [-0.2, -0.15) is 12.6 Å². The molecule has 0 unspecified atom stereocenters. The van der Waals surface area contributed by atoms with Crippen LogP contribution in [0.5, 0.6) is 0 Å². The van der Waals surface area contributed by atoms with Crippen molar-refractivity contribution >= 4 is 82.2 Å². The lowest BCUT2D eigenvalue weighted by molar-refractivity contribution is 0.851. The van der Waals surface area contributed by atoms with Crippen molar-refractivity contribution in [1.82, 2.24) is 15.0 Å². The van der Waals surface area contributed by atoms with Gasteiger partial charge in [0.25, 0.3) is 0 Å². The van der Waals surface area contributed by atoms with Crippen molar-refractivity contribution < 1.29 is 0 Å². The number of alkyl halides is 6. The highest BCUT2D eigenvalue weighted by Crippen LogP contribution is 2.40. The van der Waals surface area contributed by atoms with Gasteiger partial charge >= 0.3 is 0 Å². The zero-order valence-electron chi connectivity index (χ0n) is 10.6. The third-order valence-electron chi connectivity index (χ3n) is 2.54. The molecule has 0 spiro atoms. The van der Waals surface area contributed by atoms with E-state index in [1.807, 2.05) is 12.1 Å².